The van der Waals surface area contributed by atoms with E-state index in [0.717, 1.165) is 0 Å². The minimum Gasteiger partial charge on any atom is -0.465 e. The standard InChI is InChI=1S/C16H15BrClFN4O2/c1-21-16(20)25-5-4-9-6-11(2-3-13(9)19)23-15(24)14-12(18)7-10(17)8-22-14/h2-3,6-8H,4-5H2,1H3,(H2,20,21)(H,23,24). The van der Waals surface area contributed by atoms with Crippen molar-refractivity contribution in [3.8, 4) is 0 Å². The minimum atomic E-state index is -0.492. The maximum absolute atomic E-state index is 13.9. The number of hydrogen-bond acceptors (Lipinski definition) is 4. The Bertz CT molecular complexity index is 817. The van der Waals surface area contributed by atoms with Gasteiger partial charge in [-0.05, 0) is 45.8 Å². The van der Waals surface area contributed by atoms with E-state index in [-0.39, 0.29) is 29.8 Å². The number of halogens is 3. The van der Waals surface area contributed by atoms with Gasteiger partial charge in [0.2, 0.25) is 0 Å². The van der Waals surface area contributed by atoms with Crippen LogP contribution < -0.4 is 11.1 Å². The highest BCUT2D eigenvalue weighted by atomic mass is 79.9. The van der Waals surface area contributed by atoms with Crippen molar-refractivity contribution in [3.05, 3.63) is 57.0 Å². The summed E-state index contributed by atoms with van der Waals surface area (Å²) in [6, 6.07) is 5.82. The molecule has 25 heavy (non-hydrogen) atoms. The first-order chi connectivity index (χ1) is 11.9. The van der Waals surface area contributed by atoms with Crippen LogP contribution in [-0.4, -0.2) is 30.6 Å². The molecule has 0 spiro atoms. The Morgan fingerprint density at radius 1 is 1.48 bits per heavy atom. The highest BCUT2D eigenvalue weighted by Gasteiger charge is 2.14. The third-order valence-electron chi connectivity index (χ3n) is 3.17. The van der Waals surface area contributed by atoms with Crippen LogP contribution in [0.25, 0.3) is 0 Å². The molecule has 0 saturated heterocycles. The van der Waals surface area contributed by atoms with Crippen molar-refractivity contribution in [1.82, 2.24) is 4.98 Å². The summed E-state index contributed by atoms with van der Waals surface area (Å²) < 4.78 is 19.6. The Morgan fingerprint density at radius 2 is 2.24 bits per heavy atom. The normalized spacial score (nSPS) is 11.3. The van der Waals surface area contributed by atoms with E-state index in [1.54, 1.807) is 6.07 Å². The number of amides is 1. The van der Waals surface area contributed by atoms with Gasteiger partial charge in [0.1, 0.15) is 11.5 Å². The highest BCUT2D eigenvalue weighted by Crippen LogP contribution is 2.21. The smallest absolute Gasteiger partial charge is 0.281 e. The lowest BCUT2D eigenvalue weighted by atomic mass is 10.1. The zero-order chi connectivity index (χ0) is 18.4. The number of carbonyl (C=O) groups is 1. The molecule has 3 N–H and O–H groups in total. The fourth-order valence-corrected chi connectivity index (χ4v) is 2.66. The molecule has 1 heterocycles. The molecule has 0 saturated carbocycles. The zero-order valence-corrected chi connectivity index (χ0v) is 15.6. The van der Waals surface area contributed by atoms with Gasteiger partial charge in [-0.25, -0.2) is 14.4 Å². The van der Waals surface area contributed by atoms with Crippen molar-refractivity contribution in [2.45, 2.75) is 6.42 Å². The molecular formula is C16H15BrClFN4O2. The Kier molecular flexibility index (Phi) is 6.72. The van der Waals surface area contributed by atoms with Crippen LogP contribution in [0, 0.1) is 5.82 Å². The number of nitrogens with one attached hydrogen (secondary N) is 1. The summed E-state index contributed by atoms with van der Waals surface area (Å²) in [5.74, 6) is -0.901. The van der Waals surface area contributed by atoms with E-state index in [4.69, 9.17) is 22.1 Å². The number of pyridine rings is 1. The van der Waals surface area contributed by atoms with Gasteiger partial charge in [0.05, 0.1) is 11.6 Å². The molecule has 0 aliphatic carbocycles. The Hall–Kier alpha value is -2.19. The molecule has 6 nitrogen and oxygen atoms in total. The molecule has 2 aromatic rings. The molecule has 1 aromatic heterocycles. The van der Waals surface area contributed by atoms with Crippen LogP contribution in [0.15, 0.2) is 39.9 Å². The van der Waals surface area contributed by atoms with Gasteiger partial charge in [0, 0.05) is 29.8 Å². The van der Waals surface area contributed by atoms with E-state index >= 15 is 0 Å². The van der Waals surface area contributed by atoms with E-state index in [2.05, 4.69) is 31.2 Å². The Morgan fingerprint density at radius 3 is 2.92 bits per heavy atom. The maximum Gasteiger partial charge on any atom is 0.281 e. The summed E-state index contributed by atoms with van der Waals surface area (Å²) >= 11 is 9.23. The average molecular weight is 430 g/mol. The Labute approximate surface area is 157 Å². The number of ether oxygens (including phenoxy) is 1. The molecule has 0 fully saturated rings. The first kappa shape index (κ1) is 19.1. The number of nitrogens with two attached hydrogens (primary N) is 1. The van der Waals surface area contributed by atoms with Gasteiger partial charge in [0.25, 0.3) is 11.9 Å². The molecule has 1 amide bonds. The molecule has 132 valence electrons. The number of aromatic nitrogens is 1. The number of benzene rings is 1. The monoisotopic (exact) mass is 428 g/mol. The SMILES string of the molecule is C/N=C(/N)OCCc1cc(NC(=O)c2ncc(Br)cc2Cl)ccc1F. The molecule has 0 atom stereocenters. The largest absolute Gasteiger partial charge is 0.465 e. The van der Waals surface area contributed by atoms with Crippen molar-refractivity contribution in [2.75, 3.05) is 19.0 Å². The topological polar surface area (TPSA) is 89.6 Å². The van der Waals surface area contributed by atoms with Crippen molar-refractivity contribution >= 4 is 45.1 Å². The fourth-order valence-electron chi connectivity index (χ4n) is 1.95. The number of carbonyl (C=O) groups excluding carboxylic acids is 1. The quantitative estimate of drug-likeness (QED) is 0.563. The van der Waals surface area contributed by atoms with Gasteiger partial charge in [-0.2, -0.15) is 0 Å². The second-order valence-corrected chi connectivity index (χ2v) is 6.23. The van der Waals surface area contributed by atoms with Gasteiger partial charge in [0.15, 0.2) is 0 Å². The van der Waals surface area contributed by atoms with Gasteiger partial charge < -0.3 is 15.8 Å². The lowest BCUT2D eigenvalue weighted by Gasteiger charge is -2.10. The number of anilines is 1. The third-order valence-corrected chi connectivity index (χ3v) is 3.89. The van der Waals surface area contributed by atoms with Crippen molar-refractivity contribution < 1.29 is 13.9 Å². The summed E-state index contributed by atoms with van der Waals surface area (Å²) in [6.07, 6.45) is 1.73. The lowest BCUT2D eigenvalue weighted by Crippen LogP contribution is -2.18. The number of hydrogen-bond donors (Lipinski definition) is 2. The van der Waals surface area contributed by atoms with Crippen LogP contribution in [0.1, 0.15) is 16.1 Å². The number of amidine groups is 1. The van der Waals surface area contributed by atoms with Crippen LogP contribution in [0.4, 0.5) is 10.1 Å². The van der Waals surface area contributed by atoms with Crippen LogP contribution >= 0.6 is 27.5 Å². The third kappa shape index (κ3) is 5.40. The van der Waals surface area contributed by atoms with E-state index in [0.29, 0.717) is 15.7 Å². The van der Waals surface area contributed by atoms with Crippen LogP contribution in [0.2, 0.25) is 5.02 Å². The van der Waals surface area contributed by atoms with Crippen molar-refractivity contribution in [3.63, 3.8) is 0 Å². The van der Waals surface area contributed by atoms with Gasteiger partial charge in [-0.3, -0.25) is 4.79 Å². The molecular weight excluding hydrogens is 415 g/mol. The molecule has 0 unspecified atom stereocenters. The molecule has 0 aliphatic rings. The molecule has 9 heteroatoms. The number of aliphatic imine (C=N–C) groups is 1. The number of rotatable bonds is 5. The fraction of sp³-hybridized carbons (Fsp3) is 0.188. The van der Waals surface area contributed by atoms with Crippen LogP contribution in [-0.2, 0) is 11.2 Å². The average Bonchev–Trinajstić information content (AvgIpc) is 2.57. The van der Waals surface area contributed by atoms with E-state index < -0.39 is 11.7 Å². The summed E-state index contributed by atoms with van der Waals surface area (Å²) in [7, 11) is 1.49. The highest BCUT2D eigenvalue weighted by molar-refractivity contribution is 9.10. The molecule has 0 aliphatic heterocycles. The predicted octanol–water partition coefficient (Wildman–Crippen LogP) is 3.39. The molecule has 2 rings (SSSR count). The molecule has 1 aromatic carbocycles. The molecule has 0 bridgehead atoms. The summed E-state index contributed by atoms with van der Waals surface area (Å²) in [6.45, 7) is 0.164. The predicted molar refractivity (Wildman–Crippen MR) is 98.5 cm³/mol. The van der Waals surface area contributed by atoms with Crippen LogP contribution in [0.5, 0.6) is 0 Å². The second kappa shape index (κ2) is 8.77. The van der Waals surface area contributed by atoms with Crippen molar-refractivity contribution in [1.29, 1.82) is 0 Å². The first-order valence-electron chi connectivity index (χ1n) is 7.16. The molecule has 0 radical (unpaired) electrons. The number of nitrogens with zero attached hydrogens (tertiary/aromatic N) is 2. The van der Waals surface area contributed by atoms with Crippen molar-refractivity contribution in [2.24, 2.45) is 10.7 Å². The summed E-state index contributed by atoms with van der Waals surface area (Å²) in [5.41, 5.74) is 6.28. The van der Waals surface area contributed by atoms with Gasteiger partial charge in [-0.15, -0.1) is 0 Å². The summed E-state index contributed by atoms with van der Waals surface area (Å²) in [4.78, 5) is 19.9. The first-order valence-corrected chi connectivity index (χ1v) is 8.33. The van der Waals surface area contributed by atoms with Gasteiger partial charge in [-0.1, -0.05) is 11.6 Å². The van der Waals surface area contributed by atoms with E-state index in [1.165, 1.54) is 31.4 Å². The Balaban J connectivity index is 2.09. The second-order valence-electron chi connectivity index (χ2n) is 4.90. The maximum atomic E-state index is 13.9. The summed E-state index contributed by atoms with van der Waals surface area (Å²) in [5, 5.41) is 2.84. The lowest BCUT2D eigenvalue weighted by molar-refractivity contribution is 0.102. The van der Waals surface area contributed by atoms with Gasteiger partial charge >= 0.3 is 0 Å². The van der Waals surface area contributed by atoms with Crippen LogP contribution in [0.3, 0.4) is 0 Å². The zero-order valence-electron chi connectivity index (χ0n) is 13.2. The minimum absolute atomic E-state index is 0.0285. The van der Waals surface area contributed by atoms with E-state index in [9.17, 15) is 9.18 Å². The van der Waals surface area contributed by atoms with E-state index in [1.807, 2.05) is 0 Å².